The minimum Gasteiger partial charge on any atom is -0.455 e. The molecule has 1 atom stereocenters. The van der Waals surface area contributed by atoms with Gasteiger partial charge in [0.1, 0.15) is 5.75 Å². The van der Waals surface area contributed by atoms with Crippen LogP contribution in [0.4, 0.5) is 0 Å². The van der Waals surface area contributed by atoms with Crippen molar-refractivity contribution in [3.05, 3.63) is 53.1 Å². The maximum atomic E-state index is 11.2. The van der Waals surface area contributed by atoms with E-state index in [-0.39, 0.29) is 18.7 Å². The molecule has 3 aromatic rings. The van der Waals surface area contributed by atoms with Crippen LogP contribution in [0.3, 0.4) is 0 Å². The highest BCUT2D eigenvalue weighted by Gasteiger charge is 2.10. The molecule has 0 aliphatic heterocycles. The predicted octanol–water partition coefficient (Wildman–Crippen LogP) is 0.870. The number of fused-ring (bicyclic) bond motifs is 1. The zero-order chi connectivity index (χ0) is 15.5. The van der Waals surface area contributed by atoms with Gasteiger partial charge >= 0.3 is 0 Å². The Kier molecular flexibility index (Phi) is 3.90. The first-order chi connectivity index (χ1) is 10.7. The molecule has 0 amide bonds. The fourth-order valence-corrected chi connectivity index (χ4v) is 2.27. The SMILES string of the molecule is O=c1cc(Oc2cccc3c2ccn3C[C@@H](O)CO)cn[nH]1. The molecule has 3 rings (SSSR count). The van der Waals surface area contributed by atoms with E-state index in [0.29, 0.717) is 11.5 Å². The number of rotatable bonds is 5. The number of aromatic nitrogens is 3. The van der Waals surface area contributed by atoms with Crippen LogP contribution in [0.1, 0.15) is 0 Å². The van der Waals surface area contributed by atoms with Crippen LogP contribution in [-0.2, 0) is 6.54 Å². The molecule has 7 heteroatoms. The van der Waals surface area contributed by atoms with Gasteiger partial charge in [-0.05, 0) is 18.2 Å². The smallest absolute Gasteiger partial charge is 0.267 e. The number of aromatic amines is 1. The fraction of sp³-hybridized carbons (Fsp3) is 0.200. The Morgan fingerprint density at radius 3 is 3.00 bits per heavy atom. The Morgan fingerprint density at radius 2 is 2.23 bits per heavy atom. The van der Waals surface area contributed by atoms with E-state index in [1.165, 1.54) is 12.3 Å². The Balaban J connectivity index is 1.96. The largest absolute Gasteiger partial charge is 0.455 e. The first-order valence-electron chi connectivity index (χ1n) is 6.77. The van der Waals surface area contributed by atoms with Crippen molar-refractivity contribution in [1.82, 2.24) is 14.8 Å². The molecule has 2 aromatic heterocycles. The minimum absolute atomic E-state index is 0.288. The second-order valence-electron chi connectivity index (χ2n) is 4.88. The zero-order valence-corrected chi connectivity index (χ0v) is 11.6. The number of nitrogens with zero attached hydrogens (tertiary/aromatic N) is 2. The highest BCUT2D eigenvalue weighted by molar-refractivity contribution is 5.86. The molecule has 0 aliphatic rings. The quantitative estimate of drug-likeness (QED) is 0.649. The number of hydrogen-bond donors (Lipinski definition) is 3. The molecule has 0 saturated heterocycles. The molecular weight excluding hydrogens is 286 g/mol. The van der Waals surface area contributed by atoms with Crippen LogP contribution < -0.4 is 10.3 Å². The Bertz CT molecular complexity index is 840. The molecule has 3 N–H and O–H groups in total. The number of H-pyrrole nitrogens is 1. The summed E-state index contributed by atoms with van der Waals surface area (Å²) in [4.78, 5) is 11.2. The zero-order valence-electron chi connectivity index (χ0n) is 11.6. The summed E-state index contributed by atoms with van der Waals surface area (Å²) in [5.74, 6) is 0.932. The maximum Gasteiger partial charge on any atom is 0.267 e. The van der Waals surface area contributed by atoms with Crippen LogP contribution in [0.2, 0.25) is 0 Å². The number of benzene rings is 1. The average molecular weight is 301 g/mol. The highest BCUT2D eigenvalue weighted by Crippen LogP contribution is 2.30. The molecule has 0 radical (unpaired) electrons. The van der Waals surface area contributed by atoms with Crippen molar-refractivity contribution in [1.29, 1.82) is 0 Å². The fourth-order valence-electron chi connectivity index (χ4n) is 2.27. The molecule has 0 fully saturated rings. The van der Waals surface area contributed by atoms with E-state index in [0.717, 1.165) is 10.9 Å². The Morgan fingerprint density at radius 1 is 1.36 bits per heavy atom. The van der Waals surface area contributed by atoms with Crippen molar-refractivity contribution in [3.8, 4) is 11.5 Å². The van der Waals surface area contributed by atoms with E-state index < -0.39 is 6.10 Å². The second kappa shape index (κ2) is 6.00. The van der Waals surface area contributed by atoms with Crippen LogP contribution in [0.25, 0.3) is 10.9 Å². The van der Waals surface area contributed by atoms with Gasteiger partial charge in [0.2, 0.25) is 0 Å². The summed E-state index contributed by atoms with van der Waals surface area (Å²) in [6, 6.07) is 8.67. The minimum atomic E-state index is -0.822. The average Bonchev–Trinajstić information content (AvgIpc) is 2.91. The monoisotopic (exact) mass is 301 g/mol. The normalized spacial score (nSPS) is 12.5. The summed E-state index contributed by atoms with van der Waals surface area (Å²) in [6.07, 6.45) is 2.41. The first-order valence-corrected chi connectivity index (χ1v) is 6.77. The molecule has 0 saturated carbocycles. The van der Waals surface area contributed by atoms with Crippen molar-refractivity contribution in [2.75, 3.05) is 6.61 Å². The molecule has 22 heavy (non-hydrogen) atoms. The van der Waals surface area contributed by atoms with E-state index in [1.54, 1.807) is 6.07 Å². The molecule has 0 bridgehead atoms. The second-order valence-corrected chi connectivity index (χ2v) is 4.88. The Labute approximate surface area is 125 Å². The van der Waals surface area contributed by atoms with E-state index in [2.05, 4.69) is 10.2 Å². The third kappa shape index (κ3) is 2.85. The molecule has 1 aromatic carbocycles. The van der Waals surface area contributed by atoms with E-state index in [1.807, 2.05) is 29.0 Å². The molecular formula is C15H15N3O4. The lowest BCUT2D eigenvalue weighted by Crippen LogP contribution is -2.19. The number of aliphatic hydroxyl groups is 2. The van der Waals surface area contributed by atoms with Crippen LogP contribution >= 0.6 is 0 Å². The number of hydrogen-bond acceptors (Lipinski definition) is 5. The number of aliphatic hydroxyl groups excluding tert-OH is 2. The van der Waals surface area contributed by atoms with Gasteiger partial charge in [-0.2, -0.15) is 5.10 Å². The lowest BCUT2D eigenvalue weighted by atomic mass is 10.2. The van der Waals surface area contributed by atoms with Gasteiger partial charge in [-0.3, -0.25) is 4.79 Å². The van der Waals surface area contributed by atoms with Crippen LogP contribution in [-0.4, -0.2) is 37.7 Å². The summed E-state index contributed by atoms with van der Waals surface area (Å²) in [5, 5.41) is 25.3. The maximum absolute atomic E-state index is 11.2. The molecule has 114 valence electrons. The topological polar surface area (TPSA) is 100 Å². The lowest BCUT2D eigenvalue weighted by molar-refractivity contribution is 0.0822. The first kappa shape index (κ1) is 14.3. The van der Waals surface area contributed by atoms with Crippen molar-refractivity contribution in [2.24, 2.45) is 0 Å². The van der Waals surface area contributed by atoms with Gasteiger partial charge < -0.3 is 19.5 Å². The molecule has 0 aliphatic carbocycles. The van der Waals surface area contributed by atoms with Crippen molar-refractivity contribution < 1.29 is 14.9 Å². The van der Waals surface area contributed by atoms with Gasteiger partial charge in [-0.25, -0.2) is 5.10 Å². The third-order valence-electron chi connectivity index (χ3n) is 3.26. The molecule has 0 unspecified atom stereocenters. The lowest BCUT2D eigenvalue weighted by Gasteiger charge is -2.11. The Hall–Kier alpha value is -2.64. The standard InChI is InChI=1S/C15H15N3O4/c19-9-10(20)8-18-5-4-12-13(18)2-1-3-14(12)22-11-6-15(21)17-16-7-11/h1-7,10,19-20H,8-9H2,(H,17,21)/t10-/m1/s1. The predicted molar refractivity (Wildman–Crippen MR) is 80.0 cm³/mol. The summed E-state index contributed by atoms with van der Waals surface area (Å²) in [5.41, 5.74) is 0.524. The molecule has 7 nitrogen and oxygen atoms in total. The van der Waals surface area contributed by atoms with Crippen molar-refractivity contribution in [3.63, 3.8) is 0 Å². The van der Waals surface area contributed by atoms with E-state index >= 15 is 0 Å². The van der Waals surface area contributed by atoms with Crippen LogP contribution in [0.15, 0.2) is 47.5 Å². The number of nitrogens with one attached hydrogen (secondary N) is 1. The number of ether oxygens (including phenoxy) is 1. The third-order valence-corrected chi connectivity index (χ3v) is 3.26. The van der Waals surface area contributed by atoms with E-state index in [4.69, 9.17) is 9.84 Å². The highest BCUT2D eigenvalue weighted by atomic mass is 16.5. The van der Waals surface area contributed by atoms with Crippen LogP contribution in [0.5, 0.6) is 11.5 Å². The molecule has 2 heterocycles. The van der Waals surface area contributed by atoms with Gasteiger partial charge in [0.25, 0.3) is 5.56 Å². The van der Waals surface area contributed by atoms with Gasteiger partial charge in [0.15, 0.2) is 5.75 Å². The summed E-state index contributed by atoms with van der Waals surface area (Å²) >= 11 is 0. The summed E-state index contributed by atoms with van der Waals surface area (Å²) in [6.45, 7) is -0.00958. The summed E-state index contributed by atoms with van der Waals surface area (Å²) in [7, 11) is 0. The summed E-state index contributed by atoms with van der Waals surface area (Å²) < 4.78 is 7.54. The van der Waals surface area contributed by atoms with Gasteiger partial charge in [0.05, 0.1) is 31.0 Å². The van der Waals surface area contributed by atoms with Gasteiger partial charge in [-0.15, -0.1) is 0 Å². The van der Waals surface area contributed by atoms with E-state index in [9.17, 15) is 9.90 Å². The van der Waals surface area contributed by atoms with Crippen molar-refractivity contribution >= 4 is 10.9 Å². The van der Waals surface area contributed by atoms with Gasteiger partial charge in [0, 0.05) is 17.6 Å². The van der Waals surface area contributed by atoms with Crippen LogP contribution in [0, 0.1) is 0 Å². The van der Waals surface area contributed by atoms with Crippen molar-refractivity contribution in [2.45, 2.75) is 12.6 Å². The molecule has 0 spiro atoms. The van der Waals surface area contributed by atoms with Gasteiger partial charge in [-0.1, -0.05) is 6.07 Å².